The number of hydrogen-bond acceptors (Lipinski definition) is 6. The van der Waals surface area contributed by atoms with Crippen LogP contribution in [0.3, 0.4) is 0 Å². The van der Waals surface area contributed by atoms with Gasteiger partial charge in [0.25, 0.3) is 11.5 Å². The van der Waals surface area contributed by atoms with Crippen LogP contribution in [0.25, 0.3) is 15.9 Å². The highest BCUT2D eigenvalue weighted by atomic mass is 32.1. The van der Waals surface area contributed by atoms with E-state index < -0.39 is 0 Å². The number of fused-ring (bicyclic) bond motifs is 4. The number of aryl methyl sites for hydroxylation is 2. The number of benzene rings is 1. The normalized spacial score (nSPS) is 16.3. The average Bonchev–Trinajstić information content (AvgIpc) is 3.30. The molecule has 1 aromatic carbocycles. The Balaban J connectivity index is 1.08. The van der Waals surface area contributed by atoms with Crippen molar-refractivity contribution in [1.82, 2.24) is 19.6 Å². The molecule has 1 fully saturated rings. The van der Waals surface area contributed by atoms with Crippen molar-refractivity contribution in [3.8, 4) is 0 Å². The molecule has 3 aromatic heterocycles. The van der Waals surface area contributed by atoms with Crippen LogP contribution in [0.2, 0.25) is 0 Å². The summed E-state index contributed by atoms with van der Waals surface area (Å²) in [7, 11) is 0. The van der Waals surface area contributed by atoms with E-state index in [9.17, 15) is 14.0 Å². The molecule has 0 unspecified atom stereocenters. The van der Waals surface area contributed by atoms with E-state index in [1.54, 1.807) is 35.7 Å². The number of nitrogens with one attached hydrogen (secondary N) is 1. The molecule has 1 aliphatic carbocycles. The summed E-state index contributed by atoms with van der Waals surface area (Å²) in [5.74, 6) is -0.390. The molecule has 1 amide bonds. The zero-order chi connectivity index (χ0) is 25.4. The van der Waals surface area contributed by atoms with Gasteiger partial charge in [-0.3, -0.25) is 18.9 Å². The Morgan fingerprint density at radius 3 is 2.70 bits per heavy atom. The van der Waals surface area contributed by atoms with Crippen molar-refractivity contribution in [2.75, 3.05) is 44.2 Å². The highest BCUT2D eigenvalue weighted by molar-refractivity contribution is 7.18. The Labute approximate surface area is 218 Å². The van der Waals surface area contributed by atoms with Crippen molar-refractivity contribution in [2.45, 2.75) is 32.1 Å². The number of amides is 1. The number of hydrogen-bond donors (Lipinski definition) is 1. The molecule has 192 valence electrons. The van der Waals surface area contributed by atoms with E-state index >= 15 is 0 Å². The number of thiophene rings is 1. The first-order valence-electron chi connectivity index (χ1n) is 13.1. The Bertz CT molecular complexity index is 1520. The maximum atomic E-state index is 14.1. The van der Waals surface area contributed by atoms with Crippen LogP contribution in [-0.4, -0.2) is 59.5 Å². The molecular formula is C28H30FN5O2S. The minimum Gasteiger partial charge on any atom is -0.367 e. The second kappa shape index (κ2) is 10.2. The van der Waals surface area contributed by atoms with Gasteiger partial charge in [0, 0.05) is 43.8 Å². The molecule has 0 atom stereocenters. The summed E-state index contributed by atoms with van der Waals surface area (Å²) in [6, 6.07) is 10.4. The molecule has 0 saturated carbocycles. The van der Waals surface area contributed by atoms with Gasteiger partial charge in [-0.15, -0.1) is 11.3 Å². The minimum absolute atomic E-state index is 0.0800. The van der Waals surface area contributed by atoms with Crippen LogP contribution < -0.4 is 15.8 Å². The second-order valence-corrected chi connectivity index (χ2v) is 10.9. The van der Waals surface area contributed by atoms with Gasteiger partial charge in [0.2, 0.25) is 0 Å². The topological polar surface area (TPSA) is 70.0 Å². The van der Waals surface area contributed by atoms with Crippen molar-refractivity contribution < 1.29 is 9.18 Å². The second-order valence-electron chi connectivity index (χ2n) is 9.81. The van der Waals surface area contributed by atoms with Crippen LogP contribution in [0.1, 0.15) is 40.1 Å². The third-order valence-corrected chi connectivity index (χ3v) is 8.69. The number of para-hydroxylation sites is 1. The largest absolute Gasteiger partial charge is 0.367 e. The molecule has 6 rings (SSSR count). The number of pyridine rings is 1. The van der Waals surface area contributed by atoms with Gasteiger partial charge in [0.15, 0.2) is 5.65 Å². The molecular weight excluding hydrogens is 489 g/mol. The number of carbonyl (C=O) groups excluding carboxylic acids is 1. The Kier molecular flexibility index (Phi) is 6.65. The molecule has 4 heterocycles. The number of halogens is 1. The van der Waals surface area contributed by atoms with Gasteiger partial charge in [-0.25, -0.2) is 9.37 Å². The fourth-order valence-electron chi connectivity index (χ4n) is 5.54. The highest BCUT2D eigenvalue weighted by Gasteiger charge is 2.22. The molecule has 37 heavy (non-hydrogen) atoms. The molecule has 0 bridgehead atoms. The molecule has 2 aliphatic rings. The zero-order valence-corrected chi connectivity index (χ0v) is 21.5. The van der Waals surface area contributed by atoms with Gasteiger partial charge >= 0.3 is 0 Å². The molecule has 0 spiro atoms. The van der Waals surface area contributed by atoms with Crippen molar-refractivity contribution in [2.24, 2.45) is 0 Å². The summed E-state index contributed by atoms with van der Waals surface area (Å²) in [5.41, 5.74) is 2.58. The number of nitrogens with zero attached hydrogens (tertiary/aromatic N) is 4. The van der Waals surface area contributed by atoms with Crippen LogP contribution >= 0.6 is 11.3 Å². The van der Waals surface area contributed by atoms with Crippen molar-refractivity contribution in [3.05, 3.63) is 74.8 Å². The van der Waals surface area contributed by atoms with Crippen molar-refractivity contribution in [1.29, 1.82) is 0 Å². The van der Waals surface area contributed by atoms with Crippen molar-refractivity contribution in [3.63, 3.8) is 0 Å². The molecule has 1 aliphatic heterocycles. The van der Waals surface area contributed by atoms with Crippen LogP contribution in [0.4, 0.5) is 10.1 Å². The smallest absolute Gasteiger partial charge is 0.266 e. The quantitative estimate of drug-likeness (QED) is 0.392. The molecule has 1 saturated heterocycles. The first-order valence-corrected chi connectivity index (χ1v) is 13.9. The van der Waals surface area contributed by atoms with E-state index in [4.69, 9.17) is 4.98 Å². The summed E-state index contributed by atoms with van der Waals surface area (Å²) in [6.45, 7) is 4.68. The van der Waals surface area contributed by atoms with Crippen LogP contribution in [0.5, 0.6) is 0 Å². The maximum absolute atomic E-state index is 14.1. The summed E-state index contributed by atoms with van der Waals surface area (Å²) >= 11 is 1.60. The fourth-order valence-corrected chi connectivity index (χ4v) is 6.80. The lowest BCUT2D eigenvalue weighted by molar-refractivity contribution is 0.0952. The highest BCUT2D eigenvalue weighted by Crippen LogP contribution is 2.34. The van der Waals surface area contributed by atoms with Gasteiger partial charge in [-0.05, 0) is 68.5 Å². The van der Waals surface area contributed by atoms with E-state index in [1.807, 2.05) is 12.1 Å². The van der Waals surface area contributed by atoms with E-state index in [1.165, 1.54) is 15.3 Å². The van der Waals surface area contributed by atoms with E-state index in [0.29, 0.717) is 23.4 Å². The standard InChI is InChI=1S/C28H30FN5O2S/c29-21-9-2-3-10-22(21)33-17-15-32(16-18-33)13-6-12-30-26(35)20-8-5-14-34-25(20)31-27-24(28(34)36)19-7-1-4-11-23(19)37-27/h2-3,5,8-10,14H,1,4,6-7,11-13,15-18H2,(H,30,35). The minimum atomic E-state index is -0.213. The van der Waals surface area contributed by atoms with Crippen LogP contribution in [-0.2, 0) is 12.8 Å². The SMILES string of the molecule is O=C(NCCCN1CCN(c2ccccc2F)CC1)c1cccn2c(=O)c3c4c(sc3nc12)CCCC4. The van der Waals surface area contributed by atoms with Crippen LogP contribution in [0, 0.1) is 5.82 Å². The summed E-state index contributed by atoms with van der Waals surface area (Å²) in [6.07, 6.45) is 6.69. The Morgan fingerprint density at radius 1 is 1.05 bits per heavy atom. The van der Waals surface area contributed by atoms with Gasteiger partial charge in [-0.2, -0.15) is 0 Å². The lowest BCUT2D eigenvalue weighted by atomic mass is 9.97. The number of piperazine rings is 1. The number of carbonyl (C=O) groups is 1. The summed E-state index contributed by atoms with van der Waals surface area (Å²) in [5, 5.41) is 3.74. The fraction of sp³-hybridized carbons (Fsp3) is 0.393. The molecule has 0 radical (unpaired) electrons. The molecule has 7 nitrogen and oxygen atoms in total. The van der Waals surface area contributed by atoms with E-state index in [-0.39, 0.29) is 17.3 Å². The molecule has 9 heteroatoms. The molecule has 1 N–H and O–H groups in total. The number of anilines is 1. The third kappa shape index (κ3) is 4.62. The van der Waals surface area contributed by atoms with Gasteiger partial charge in [0.05, 0.1) is 16.6 Å². The number of rotatable bonds is 6. The van der Waals surface area contributed by atoms with Crippen LogP contribution in [0.15, 0.2) is 47.4 Å². The van der Waals surface area contributed by atoms with E-state index in [2.05, 4.69) is 15.1 Å². The first kappa shape index (κ1) is 24.1. The summed E-state index contributed by atoms with van der Waals surface area (Å²) < 4.78 is 15.6. The first-order chi connectivity index (χ1) is 18.1. The van der Waals surface area contributed by atoms with Gasteiger partial charge in [-0.1, -0.05) is 12.1 Å². The summed E-state index contributed by atoms with van der Waals surface area (Å²) in [4.78, 5) is 37.6. The van der Waals surface area contributed by atoms with Gasteiger partial charge in [0.1, 0.15) is 10.6 Å². The monoisotopic (exact) mass is 519 g/mol. The zero-order valence-electron chi connectivity index (χ0n) is 20.7. The number of aromatic nitrogens is 2. The van der Waals surface area contributed by atoms with E-state index in [0.717, 1.165) is 80.6 Å². The predicted molar refractivity (Wildman–Crippen MR) is 145 cm³/mol. The van der Waals surface area contributed by atoms with Gasteiger partial charge < -0.3 is 10.2 Å². The Hall–Kier alpha value is -3.30. The predicted octanol–water partition coefficient (Wildman–Crippen LogP) is 3.87. The lowest BCUT2D eigenvalue weighted by Crippen LogP contribution is -2.47. The maximum Gasteiger partial charge on any atom is 0.266 e. The molecule has 4 aromatic rings. The lowest BCUT2D eigenvalue weighted by Gasteiger charge is -2.36. The third-order valence-electron chi connectivity index (χ3n) is 7.51. The Morgan fingerprint density at radius 2 is 1.86 bits per heavy atom. The van der Waals surface area contributed by atoms with Crippen molar-refractivity contribution >= 4 is 38.8 Å². The average molecular weight is 520 g/mol.